The van der Waals surface area contributed by atoms with Gasteiger partial charge in [-0.1, -0.05) is 12.1 Å². The van der Waals surface area contributed by atoms with Crippen molar-refractivity contribution >= 4 is 15.9 Å². The molecule has 22 heavy (non-hydrogen) atoms. The summed E-state index contributed by atoms with van der Waals surface area (Å²) in [4.78, 5) is 14.1. The average molecular weight is 326 g/mol. The van der Waals surface area contributed by atoms with E-state index in [1.54, 1.807) is 30.9 Å². The zero-order valence-electron chi connectivity index (χ0n) is 13.1. The van der Waals surface area contributed by atoms with Crippen LogP contribution in [-0.2, 0) is 19.6 Å². The first-order valence-electron chi connectivity index (χ1n) is 7.27. The third kappa shape index (κ3) is 3.85. The van der Waals surface area contributed by atoms with Crippen LogP contribution in [0.5, 0.6) is 0 Å². The number of carbonyl (C=O) groups excluding carboxylic acids is 1. The van der Waals surface area contributed by atoms with Crippen molar-refractivity contribution in [2.45, 2.75) is 31.7 Å². The molecule has 0 bridgehead atoms. The van der Waals surface area contributed by atoms with Crippen LogP contribution in [0.25, 0.3) is 0 Å². The number of hydrogen-bond acceptors (Lipinski definition) is 4. The van der Waals surface area contributed by atoms with Gasteiger partial charge in [-0.05, 0) is 38.0 Å². The van der Waals surface area contributed by atoms with Gasteiger partial charge >= 0.3 is 0 Å². The van der Waals surface area contributed by atoms with E-state index in [1.165, 1.54) is 0 Å². The monoisotopic (exact) mass is 326 g/mol. The predicted octanol–water partition coefficient (Wildman–Crippen LogP) is 0.829. The maximum atomic E-state index is 12.5. The molecule has 122 valence electrons. The van der Waals surface area contributed by atoms with Gasteiger partial charge in [-0.15, -0.1) is 0 Å². The minimum absolute atomic E-state index is 0.217. The van der Waals surface area contributed by atoms with Crippen molar-refractivity contribution in [2.75, 3.05) is 26.3 Å². The van der Waals surface area contributed by atoms with Gasteiger partial charge in [0.05, 0.1) is 24.2 Å². The molecule has 1 heterocycles. The normalized spacial score (nSPS) is 17.3. The van der Waals surface area contributed by atoms with Crippen LogP contribution >= 0.6 is 0 Å². The molecule has 2 rings (SSSR count). The summed E-state index contributed by atoms with van der Waals surface area (Å²) in [6.45, 7) is 7.11. The number of hydrogen-bond donors (Lipinski definition) is 1. The van der Waals surface area contributed by atoms with E-state index in [0.29, 0.717) is 31.9 Å². The lowest BCUT2D eigenvalue weighted by Crippen LogP contribution is -2.50. The highest BCUT2D eigenvalue weighted by Gasteiger charge is 2.27. The largest absolute Gasteiger partial charge is 0.378 e. The summed E-state index contributed by atoms with van der Waals surface area (Å²) in [6.07, 6.45) is 0. The molecular weight excluding hydrogens is 304 g/mol. The van der Waals surface area contributed by atoms with Crippen molar-refractivity contribution in [3.05, 3.63) is 29.3 Å². The fourth-order valence-corrected chi connectivity index (χ4v) is 3.93. The number of benzene rings is 1. The number of amides is 1. The first-order chi connectivity index (χ1) is 10.3. The lowest BCUT2D eigenvalue weighted by molar-refractivity contribution is -0.136. The van der Waals surface area contributed by atoms with E-state index in [1.807, 2.05) is 13.0 Å². The Labute approximate surface area is 131 Å². The molecule has 1 atom stereocenters. The van der Waals surface area contributed by atoms with E-state index < -0.39 is 16.1 Å². The van der Waals surface area contributed by atoms with Gasteiger partial charge in [0.15, 0.2) is 0 Å². The number of nitrogens with zero attached hydrogens (tertiary/aromatic N) is 1. The highest BCUT2D eigenvalue weighted by atomic mass is 32.2. The molecule has 6 nitrogen and oxygen atoms in total. The van der Waals surface area contributed by atoms with E-state index in [9.17, 15) is 13.2 Å². The second-order valence-electron chi connectivity index (χ2n) is 5.55. The molecule has 0 aromatic heterocycles. The van der Waals surface area contributed by atoms with E-state index in [4.69, 9.17) is 4.74 Å². The van der Waals surface area contributed by atoms with Crippen LogP contribution in [0.15, 0.2) is 23.1 Å². The quantitative estimate of drug-likeness (QED) is 0.889. The van der Waals surface area contributed by atoms with Crippen LogP contribution in [0.4, 0.5) is 0 Å². The van der Waals surface area contributed by atoms with Crippen molar-refractivity contribution in [3.63, 3.8) is 0 Å². The summed E-state index contributed by atoms with van der Waals surface area (Å²) in [5.41, 5.74) is 1.52. The lowest BCUT2D eigenvalue weighted by atomic mass is 10.2. The number of rotatable bonds is 4. The van der Waals surface area contributed by atoms with Crippen LogP contribution in [-0.4, -0.2) is 51.6 Å². The molecule has 1 N–H and O–H groups in total. The maximum absolute atomic E-state index is 12.5. The van der Waals surface area contributed by atoms with Gasteiger partial charge in [-0.2, -0.15) is 4.72 Å². The Morgan fingerprint density at radius 3 is 2.55 bits per heavy atom. The van der Waals surface area contributed by atoms with Crippen molar-refractivity contribution < 1.29 is 17.9 Å². The topological polar surface area (TPSA) is 75.7 Å². The molecule has 0 radical (unpaired) electrons. The van der Waals surface area contributed by atoms with E-state index in [-0.39, 0.29) is 10.8 Å². The molecule has 1 aromatic carbocycles. The van der Waals surface area contributed by atoms with Crippen molar-refractivity contribution in [2.24, 2.45) is 0 Å². The van der Waals surface area contributed by atoms with Crippen molar-refractivity contribution in [1.82, 2.24) is 9.62 Å². The van der Waals surface area contributed by atoms with Crippen molar-refractivity contribution in [3.8, 4) is 0 Å². The minimum atomic E-state index is -3.73. The zero-order chi connectivity index (χ0) is 16.3. The van der Waals surface area contributed by atoms with Gasteiger partial charge in [-0.25, -0.2) is 8.42 Å². The number of carbonyl (C=O) groups is 1. The van der Waals surface area contributed by atoms with Crippen LogP contribution < -0.4 is 4.72 Å². The summed E-state index contributed by atoms with van der Waals surface area (Å²) in [7, 11) is -3.73. The second kappa shape index (κ2) is 6.76. The van der Waals surface area contributed by atoms with Gasteiger partial charge in [0.1, 0.15) is 0 Å². The molecule has 0 saturated carbocycles. The molecular formula is C15H22N2O4S. The van der Waals surface area contributed by atoms with Gasteiger partial charge in [0, 0.05) is 13.1 Å². The van der Waals surface area contributed by atoms with Gasteiger partial charge in [-0.3, -0.25) is 4.79 Å². The highest BCUT2D eigenvalue weighted by Crippen LogP contribution is 2.17. The van der Waals surface area contributed by atoms with Crippen LogP contribution in [0.2, 0.25) is 0 Å². The average Bonchev–Trinajstić information content (AvgIpc) is 2.49. The molecule has 7 heteroatoms. The smallest absolute Gasteiger partial charge is 0.241 e. The zero-order valence-corrected chi connectivity index (χ0v) is 13.9. The fraction of sp³-hybridized carbons (Fsp3) is 0.533. The summed E-state index contributed by atoms with van der Waals surface area (Å²) < 4.78 is 32.7. The molecule has 1 fully saturated rings. The summed E-state index contributed by atoms with van der Waals surface area (Å²) in [6, 6.07) is 4.43. The van der Waals surface area contributed by atoms with Crippen LogP contribution in [0.1, 0.15) is 18.1 Å². The van der Waals surface area contributed by atoms with Crippen molar-refractivity contribution in [1.29, 1.82) is 0 Å². The molecule has 1 unspecified atom stereocenters. The molecule has 0 spiro atoms. The first kappa shape index (κ1) is 16.9. The van der Waals surface area contributed by atoms with Gasteiger partial charge in [0.25, 0.3) is 0 Å². The molecule has 1 aliphatic rings. The number of aryl methyl sites for hydroxylation is 2. The fourth-order valence-electron chi connectivity index (χ4n) is 2.40. The highest BCUT2D eigenvalue weighted by molar-refractivity contribution is 7.89. The molecule has 1 saturated heterocycles. The van der Waals surface area contributed by atoms with Gasteiger partial charge < -0.3 is 9.64 Å². The standard InChI is InChI=1S/C15H22N2O4S/c1-11-4-5-12(2)14(10-11)22(19,20)16-13(3)15(18)17-6-8-21-9-7-17/h4-5,10,13,16H,6-9H2,1-3H3. The lowest BCUT2D eigenvalue weighted by Gasteiger charge is -2.29. The summed E-state index contributed by atoms with van der Waals surface area (Å²) >= 11 is 0. The summed E-state index contributed by atoms with van der Waals surface area (Å²) in [5.74, 6) is -0.225. The molecule has 1 aromatic rings. The minimum Gasteiger partial charge on any atom is -0.378 e. The Bertz CT molecular complexity index is 652. The van der Waals surface area contributed by atoms with Gasteiger partial charge in [0.2, 0.25) is 15.9 Å². The summed E-state index contributed by atoms with van der Waals surface area (Å²) in [5, 5.41) is 0. The van der Waals surface area contributed by atoms with Crippen LogP contribution in [0, 0.1) is 13.8 Å². The van der Waals surface area contributed by atoms with E-state index in [2.05, 4.69) is 4.72 Å². The Morgan fingerprint density at radius 2 is 1.91 bits per heavy atom. The Morgan fingerprint density at radius 1 is 1.27 bits per heavy atom. The SMILES string of the molecule is Cc1ccc(C)c(S(=O)(=O)NC(C)C(=O)N2CCOCC2)c1. The molecule has 0 aliphatic carbocycles. The Balaban J connectivity index is 2.13. The third-order valence-electron chi connectivity index (χ3n) is 3.66. The Hall–Kier alpha value is -1.44. The maximum Gasteiger partial charge on any atom is 0.241 e. The van der Waals surface area contributed by atoms with Crippen LogP contribution in [0.3, 0.4) is 0 Å². The predicted molar refractivity (Wildman–Crippen MR) is 83.1 cm³/mol. The Kier molecular flexibility index (Phi) is 5.20. The van der Waals surface area contributed by atoms with E-state index >= 15 is 0 Å². The third-order valence-corrected chi connectivity index (χ3v) is 5.34. The number of sulfonamides is 1. The number of nitrogens with one attached hydrogen (secondary N) is 1. The second-order valence-corrected chi connectivity index (χ2v) is 7.23. The number of morpholine rings is 1. The molecule has 1 aliphatic heterocycles. The molecule has 1 amide bonds. The first-order valence-corrected chi connectivity index (χ1v) is 8.76. The van der Waals surface area contributed by atoms with E-state index in [0.717, 1.165) is 5.56 Å². The number of ether oxygens (including phenoxy) is 1.